The maximum atomic E-state index is 6.37. The Morgan fingerprint density at radius 1 is 0.833 bits per heavy atom. The molecule has 6 rings (SSSR count). The Hall–Kier alpha value is -3.25. The van der Waals surface area contributed by atoms with Crippen LogP contribution in [0.3, 0.4) is 0 Å². The number of hydrogen-bond acceptors (Lipinski definition) is 6. The van der Waals surface area contributed by atoms with E-state index in [2.05, 4.69) is 34.5 Å². The molecule has 0 aliphatic carbocycles. The lowest BCUT2D eigenvalue weighted by atomic mass is 10.0. The first-order chi connectivity index (χ1) is 14.8. The SMILES string of the molecule is c1ccc2nc(N3CC(Oc4nc5ccccc5nc4C4CCNC4)C3)ccc2c1. The van der Waals surface area contributed by atoms with Crippen LogP contribution in [0.5, 0.6) is 5.88 Å². The van der Waals surface area contributed by atoms with Gasteiger partial charge >= 0.3 is 0 Å². The Labute approximate surface area is 174 Å². The zero-order valence-corrected chi connectivity index (χ0v) is 16.7. The van der Waals surface area contributed by atoms with Crippen molar-refractivity contribution in [1.29, 1.82) is 0 Å². The minimum atomic E-state index is 0.0989. The first kappa shape index (κ1) is 17.6. The summed E-state index contributed by atoms with van der Waals surface area (Å²) in [6.07, 6.45) is 1.17. The van der Waals surface area contributed by atoms with Gasteiger partial charge in [0.15, 0.2) is 0 Å². The lowest BCUT2D eigenvalue weighted by molar-refractivity contribution is 0.157. The smallest absolute Gasteiger partial charge is 0.237 e. The van der Waals surface area contributed by atoms with Gasteiger partial charge in [0.2, 0.25) is 5.88 Å². The van der Waals surface area contributed by atoms with Crippen molar-refractivity contribution in [2.75, 3.05) is 31.1 Å². The molecule has 2 fully saturated rings. The molecule has 4 heterocycles. The second-order valence-corrected chi connectivity index (χ2v) is 8.10. The standard InChI is InChI=1S/C24H23N5O/c1-2-6-19-16(5-1)9-10-22(26-19)29-14-18(15-29)30-24-23(17-11-12-25-13-17)27-20-7-3-4-8-21(20)28-24/h1-10,17-18,25H,11-15H2. The van der Waals surface area contributed by atoms with Crippen LogP contribution in [0.1, 0.15) is 18.0 Å². The number of rotatable bonds is 4. The van der Waals surface area contributed by atoms with Crippen LogP contribution < -0.4 is 15.0 Å². The van der Waals surface area contributed by atoms with Gasteiger partial charge in [-0.05, 0) is 43.3 Å². The molecule has 1 N–H and O–H groups in total. The van der Waals surface area contributed by atoms with Gasteiger partial charge in [0.05, 0.1) is 29.6 Å². The third-order valence-corrected chi connectivity index (χ3v) is 6.04. The monoisotopic (exact) mass is 397 g/mol. The van der Waals surface area contributed by atoms with Crippen molar-refractivity contribution >= 4 is 27.8 Å². The molecule has 1 unspecified atom stereocenters. The van der Waals surface area contributed by atoms with Crippen LogP contribution in [0.15, 0.2) is 60.7 Å². The number of hydrogen-bond donors (Lipinski definition) is 1. The fourth-order valence-electron chi connectivity index (χ4n) is 4.33. The summed E-state index contributed by atoms with van der Waals surface area (Å²) in [4.78, 5) is 16.8. The van der Waals surface area contributed by atoms with E-state index in [0.29, 0.717) is 11.8 Å². The van der Waals surface area contributed by atoms with Crippen LogP contribution in [0.25, 0.3) is 21.9 Å². The molecule has 0 saturated carbocycles. The highest BCUT2D eigenvalue weighted by atomic mass is 16.5. The molecule has 0 radical (unpaired) electrons. The highest BCUT2D eigenvalue weighted by molar-refractivity contribution is 5.80. The summed E-state index contributed by atoms with van der Waals surface area (Å²) < 4.78 is 6.37. The average Bonchev–Trinajstić information content (AvgIpc) is 3.30. The first-order valence-electron chi connectivity index (χ1n) is 10.6. The number of nitrogens with one attached hydrogen (secondary N) is 1. The molecule has 0 spiro atoms. The van der Waals surface area contributed by atoms with Crippen LogP contribution >= 0.6 is 0 Å². The predicted octanol–water partition coefficient (Wildman–Crippen LogP) is 3.52. The van der Waals surface area contributed by atoms with Crippen LogP contribution in [0.2, 0.25) is 0 Å². The van der Waals surface area contributed by atoms with E-state index >= 15 is 0 Å². The lowest BCUT2D eigenvalue weighted by Crippen LogP contribution is -2.54. The van der Waals surface area contributed by atoms with Crippen molar-refractivity contribution in [2.24, 2.45) is 0 Å². The molecular weight excluding hydrogens is 374 g/mol. The maximum absolute atomic E-state index is 6.37. The summed E-state index contributed by atoms with van der Waals surface area (Å²) in [5, 5.41) is 4.59. The third-order valence-electron chi connectivity index (χ3n) is 6.04. The molecular formula is C24H23N5O. The zero-order chi connectivity index (χ0) is 19.9. The molecule has 6 nitrogen and oxygen atoms in total. The van der Waals surface area contributed by atoms with Crippen molar-refractivity contribution in [1.82, 2.24) is 20.3 Å². The van der Waals surface area contributed by atoms with Crippen molar-refractivity contribution in [3.63, 3.8) is 0 Å². The molecule has 150 valence electrons. The maximum Gasteiger partial charge on any atom is 0.237 e. The summed E-state index contributed by atoms with van der Waals surface area (Å²) in [6.45, 7) is 3.56. The van der Waals surface area contributed by atoms with Gasteiger partial charge in [-0.1, -0.05) is 30.3 Å². The largest absolute Gasteiger partial charge is 0.469 e. The summed E-state index contributed by atoms with van der Waals surface area (Å²) in [6, 6.07) is 20.5. The number of anilines is 1. The Bertz CT molecular complexity index is 1210. The fraction of sp³-hybridized carbons (Fsp3) is 0.292. The number of aromatic nitrogens is 3. The van der Waals surface area contributed by atoms with Gasteiger partial charge in [-0.25, -0.2) is 15.0 Å². The van der Waals surface area contributed by atoms with Gasteiger partial charge < -0.3 is 15.0 Å². The number of fused-ring (bicyclic) bond motifs is 2. The predicted molar refractivity (Wildman–Crippen MR) is 118 cm³/mol. The van der Waals surface area contributed by atoms with Crippen molar-refractivity contribution in [2.45, 2.75) is 18.4 Å². The molecule has 30 heavy (non-hydrogen) atoms. The van der Waals surface area contributed by atoms with Gasteiger partial charge in [0.25, 0.3) is 0 Å². The van der Waals surface area contributed by atoms with Crippen molar-refractivity contribution in [3.8, 4) is 5.88 Å². The van der Waals surface area contributed by atoms with Gasteiger partial charge in [0.1, 0.15) is 17.6 Å². The minimum absolute atomic E-state index is 0.0989. The van der Waals surface area contributed by atoms with E-state index in [1.807, 2.05) is 36.4 Å². The summed E-state index contributed by atoms with van der Waals surface area (Å²) in [5.74, 6) is 2.05. The molecule has 1 atom stereocenters. The zero-order valence-electron chi connectivity index (χ0n) is 16.7. The van der Waals surface area contributed by atoms with E-state index in [4.69, 9.17) is 19.7 Å². The third kappa shape index (κ3) is 3.13. The number of pyridine rings is 1. The normalized spacial score (nSPS) is 19.3. The Kier molecular flexibility index (Phi) is 4.23. The summed E-state index contributed by atoms with van der Waals surface area (Å²) >= 11 is 0. The van der Waals surface area contributed by atoms with Gasteiger partial charge in [-0.2, -0.15) is 0 Å². The second-order valence-electron chi connectivity index (χ2n) is 8.10. The van der Waals surface area contributed by atoms with E-state index in [0.717, 1.165) is 66.0 Å². The fourth-order valence-corrected chi connectivity index (χ4v) is 4.33. The topological polar surface area (TPSA) is 63.2 Å². The minimum Gasteiger partial charge on any atom is -0.469 e. The van der Waals surface area contributed by atoms with Gasteiger partial charge in [0, 0.05) is 17.8 Å². The van der Waals surface area contributed by atoms with Crippen LogP contribution in [0.4, 0.5) is 5.82 Å². The first-order valence-corrected chi connectivity index (χ1v) is 10.6. The molecule has 2 aromatic heterocycles. The molecule has 0 bridgehead atoms. The van der Waals surface area contributed by atoms with Gasteiger partial charge in [-0.3, -0.25) is 0 Å². The molecule has 2 aromatic carbocycles. The quantitative estimate of drug-likeness (QED) is 0.569. The Morgan fingerprint density at radius 2 is 1.60 bits per heavy atom. The molecule has 2 aliphatic heterocycles. The van der Waals surface area contributed by atoms with Crippen LogP contribution in [0, 0.1) is 0 Å². The van der Waals surface area contributed by atoms with E-state index in [-0.39, 0.29) is 6.10 Å². The lowest BCUT2D eigenvalue weighted by Gasteiger charge is -2.39. The van der Waals surface area contributed by atoms with E-state index in [9.17, 15) is 0 Å². The Balaban J connectivity index is 1.23. The van der Waals surface area contributed by atoms with Crippen molar-refractivity contribution < 1.29 is 4.74 Å². The molecule has 4 aromatic rings. The highest BCUT2D eigenvalue weighted by Gasteiger charge is 2.32. The van der Waals surface area contributed by atoms with Crippen LogP contribution in [-0.2, 0) is 0 Å². The number of ether oxygens (including phenoxy) is 1. The molecule has 2 saturated heterocycles. The van der Waals surface area contributed by atoms with Crippen LogP contribution in [-0.4, -0.2) is 47.2 Å². The summed E-state index contributed by atoms with van der Waals surface area (Å²) in [5.41, 5.74) is 3.83. The number of nitrogens with zero attached hydrogens (tertiary/aromatic N) is 4. The van der Waals surface area contributed by atoms with E-state index in [1.165, 1.54) is 0 Å². The van der Waals surface area contributed by atoms with Gasteiger partial charge in [-0.15, -0.1) is 0 Å². The molecule has 2 aliphatic rings. The Morgan fingerprint density at radius 3 is 2.40 bits per heavy atom. The molecule has 6 heteroatoms. The number of benzene rings is 2. The highest BCUT2D eigenvalue weighted by Crippen LogP contribution is 2.32. The summed E-state index contributed by atoms with van der Waals surface area (Å²) in [7, 11) is 0. The molecule has 0 amide bonds. The average molecular weight is 397 g/mol. The van der Waals surface area contributed by atoms with E-state index < -0.39 is 0 Å². The second kappa shape index (κ2) is 7.22. The van der Waals surface area contributed by atoms with Crippen molar-refractivity contribution in [3.05, 3.63) is 66.4 Å². The number of para-hydroxylation sites is 3. The van der Waals surface area contributed by atoms with E-state index in [1.54, 1.807) is 0 Å².